The highest BCUT2D eigenvalue weighted by atomic mass is 28.4. The first-order valence-corrected chi connectivity index (χ1v) is 16.3. The average Bonchev–Trinajstić information content (AvgIpc) is 3.06. The van der Waals surface area contributed by atoms with Crippen molar-refractivity contribution < 1.29 is 9.53 Å². The van der Waals surface area contributed by atoms with Gasteiger partial charge in [-0.1, -0.05) is 27.7 Å². The molecule has 1 N–H and O–H groups in total. The molecule has 0 aromatic heterocycles. The van der Waals surface area contributed by atoms with Crippen LogP contribution in [0.4, 0.5) is 0 Å². The second-order valence-corrected chi connectivity index (χ2v) is 18.1. The SMILES string of the molecule is CC[C@]12CC[C@H]3[C@@H](CC[C@@H]4C[C@H](O)CC[C@@H]43)[C@@H]1CC[C@@H]2C(C)O[Si](C)(C)C(C)(C)C. The molecule has 4 fully saturated rings. The summed E-state index contributed by atoms with van der Waals surface area (Å²) in [5.41, 5.74) is 0.532. The molecule has 0 radical (unpaired) electrons. The molecule has 1 unspecified atom stereocenters. The molecule has 0 saturated heterocycles. The second-order valence-electron chi connectivity index (χ2n) is 13.3. The number of hydrogen-bond acceptors (Lipinski definition) is 2. The Labute approximate surface area is 188 Å². The van der Waals surface area contributed by atoms with Crippen molar-refractivity contribution in [1.29, 1.82) is 0 Å². The quantitative estimate of drug-likeness (QED) is 0.466. The molecule has 30 heavy (non-hydrogen) atoms. The van der Waals surface area contributed by atoms with Gasteiger partial charge in [0.2, 0.25) is 0 Å². The monoisotopic (exact) mass is 434 g/mol. The van der Waals surface area contributed by atoms with Gasteiger partial charge in [-0.2, -0.15) is 0 Å². The zero-order valence-electron chi connectivity index (χ0n) is 21.0. The largest absolute Gasteiger partial charge is 0.414 e. The summed E-state index contributed by atoms with van der Waals surface area (Å²) in [6.07, 6.45) is 13.8. The van der Waals surface area contributed by atoms with Crippen molar-refractivity contribution in [3.05, 3.63) is 0 Å². The Hall–Kier alpha value is 0.137. The van der Waals surface area contributed by atoms with Crippen LogP contribution in [0.15, 0.2) is 0 Å². The van der Waals surface area contributed by atoms with E-state index in [9.17, 15) is 5.11 Å². The van der Waals surface area contributed by atoms with Crippen molar-refractivity contribution in [2.45, 2.75) is 129 Å². The van der Waals surface area contributed by atoms with Crippen LogP contribution >= 0.6 is 0 Å². The highest BCUT2D eigenvalue weighted by molar-refractivity contribution is 6.74. The fourth-order valence-corrected chi connectivity index (χ4v) is 10.3. The topological polar surface area (TPSA) is 29.5 Å². The summed E-state index contributed by atoms with van der Waals surface area (Å²) in [5, 5.41) is 10.5. The molecule has 0 spiro atoms. The van der Waals surface area contributed by atoms with Gasteiger partial charge in [-0.3, -0.25) is 0 Å². The third-order valence-electron chi connectivity index (χ3n) is 11.2. The van der Waals surface area contributed by atoms with Crippen LogP contribution in [-0.2, 0) is 4.43 Å². The maximum absolute atomic E-state index is 10.2. The van der Waals surface area contributed by atoms with Gasteiger partial charge in [0.25, 0.3) is 0 Å². The molecule has 4 rings (SSSR count). The van der Waals surface area contributed by atoms with Gasteiger partial charge < -0.3 is 9.53 Å². The Morgan fingerprint density at radius 3 is 2.33 bits per heavy atom. The van der Waals surface area contributed by atoms with E-state index >= 15 is 0 Å². The predicted molar refractivity (Wildman–Crippen MR) is 129 cm³/mol. The Bertz CT molecular complexity index is 610. The van der Waals surface area contributed by atoms with E-state index in [2.05, 4.69) is 47.7 Å². The number of hydrogen-bond donors (Lipinski definition) is 1. The van der Waals surface area contributed by atoms with Crippen LogP contribution < -0.4 is 0 Å². The molecular weight excluding hydrogens is 384 g/mol. The van der Waals surface area contributed by atoms with Gasteiger partial charge in [0.05, 0.1) is 6.10 Å². The fraction of sp³-hybridized carbons (Fsp3) is 1.00. The highest BCUT2D eigenvalue weighted by Crippen LogP contribution is 2.66. The summed E-state index contributed by atoms with van der Waals surface area (Å²) in [5.74, 6) is 5.35. The number of fused-ring (bicyclic) bond motifs is 5. The first kappa shape index (κ1) is 23.3. The Morgan fingerprint density at radius 1 is 0.967 bits per heavy atom. The first-order valence-electron chi connectivity index (χ1n) is 13.4. The van der Waals surface area contributed by atoms with E-state index in [1.807, 2.05) is 0 Å². The first-order chi connectivity index (χ1) is 14.0. The van der Waals surface area contributed by atoms with E-state index < -0.39 is 8.32 Å². The average molecular weight is 435 g/mol. The lowest BCUT2D eigenvalue weighted by atomic mass is 9.48. The molecule has 4 aliphatic carbocycles. The molecule has 0 aromatic carbocycles. The van der Waals surface area contributed by atoms with Crippen LogP contribution in [0.1, 0.15) is 98.8 Å². The molecule has 0 aromatic rings. The minimum atomic E-state index is -1.73. The van der Waals surface area contributed by atoms with Gasteiger partial charge in [0.1, 0.15) is 0 Å². The van der Waals surface area contributed by atoms with Crippen molar-refractivity contribution in [1.82, 2.24) is 0 Å². The maximum Gasteiger partial charge on any atom is 0.192 e. The lowest BCUT2D eigenvalue weighted by Gasteiger charge is -2.57. The van der Waals surface area contributed by atoms with Crippen molar-refractivity contribution in [2.24, 2.45) is 40.9 Å². The van der Waals surface area contributed by atoms with E-state index in [-0.39, 0.29) is 6.10 Å². The maximum atomic E-state index is 10.2. The van der Waals surface area contributed by atoms with Crippen molar-refractivity contribution in [3.8, 4) is 0 Å². The highest BCUT2D eigenvalue weighted by Gasteiger charge is 2.59. The van der Waals surface area contributed by atoms with Crippen LogP contribution in [0.2, 0.25) is 18.1 Å². The zero-order chi connectivity index (χ0) is 21.9. The molecule has 3 heteroatoms. The zero-order valence-corrected chi connectivity index (χ0v) is 22.0. The van der Waals surface area contributed by atoms with Crippen LogP contribution in [0.3, 0.4) is 0 Å². The normalized spacial score (nSPS) is 45.4. The molecule has 174 valence electrons. The van der Waals surface area contributed by atoms with Crippen LogP contribution in [0, 0.1) is 40.9 Å². The molecule has 4 aliphatic rings. The molecule has 0 aliphatic heterocycles. The van der Waals surface area contributed by atoms with Crippen molar-refractivity contribution in [3.63, 3.8) is 0 Å². The van der Waals surface area contributed by atoms with Crippen LogP contribution in [-0.4, -0.2) is 25.6 Å². The molecule has 2 nitrogen and oxygen atoms in total. The predicted octanol–water partition coefficient (Wildman–Crippen LogP) is 7.42. The molecular formula is C27H50O2Si. The van der Waals surface area contributed by atoms with E-state index in [4.69, 9.17) is 4.43 Å². The third kappa shape index (κ3) is 3.77. The van der Waals surface area contributed by atoms with E-state index in [1.165, 1.54) is 51.4 Å². The van der Waals surface area contributed by atoms with Gasteiger partial charge in [-0.15, -0.1) is 0 Å². The van der Waals surface area contributed by atoms with Gasteiger partial charge in [0.15, 0.2) is 8.32 Å². The second kappa shape index (κ2) is 8.17. The summed E-state index contributed by atoms with van der Waals surface area (Å²) in [6, 6.07) is 0. The smallest absolute Gasteiger partial charge is 0.192 e. The lowest BCUT2D eigenvalue weighted by Crippen LogP contribution is -2.52. The van der Waals surface area contributed by atoms with Crippen molar-refractivity contribution >= 4 is 8.32 Å². The van der Waals surface area contributed by atoms with E-state index in [1.54, 1.807) is 0 Å². The minimum Gasteiger partial charge on any atom is -0.414 e. The molecule has 9 atom stereocenters. The standard InChI is InChI=1S/C27H50O2Si/c1-8-27-16-15-22-21-12-10-20(28)17-19(21)9-11-23(22)25(27)14-13-24(27)18(2)29-30(6,7)26(3,4)5/h18-25,28H,8-17H2,1-7H3/t18?,19-,20-,21+,22-,23-,24-,25+,27-/m1/s1. The third-order valence-corrected chi connectivity index (χ3v) is 15.8. The van der Waals surface area contributed by atoms with E-state index in [0.717, 1.165) is 48.3 Å². The van der Waals surface area contributed by atoms with Gasteiger partial charge in [-0.25, -0.2) is 0 Å². The Balaban J connectivity index is 1.52. The van der Waals surface area contributed by atoms with Crippen molar-refractivity contribution in [2.75, 3.05) is 0 Å². The molecule has 0 amide bonds. The molecule has 0 heterocycles. The molecule has 4 saturated carbocycles. The Kier molecular flexibility index (Phi) is 6.35. The molecule has 0 bridgehead atoms. The summed E-state index contributed by atoms with van der Waals surface area (Å²) in [6.45, 7) is 16.9. The van der Waals surface area contributed by atoms with Gasteiger partial charge in [0, 0.05) is 6.10 Å². The summed E-state index contributed by atoms with van der Waals surface area (Å²) >= 11 is 0. The minimum absolute atomic E-state index is 0.00896. The summed E-state index contributed by atoms with van der Waals surface area (Å²) in [4.78, 5) is 0. The van der Waals surface area contributed by atoms with Gasteiger partial charge >= 0.3 is 0 Å². The lowest BCUT2D eigenvalue weighted by molar-refractivity contribution is -0.0960. The van der Waals surface area contributed by atoms with E-state index in [0.29, 0.717) is 16.6 Å². The van der Waals surface area contributed by atoms with Gasteiger partial charge in [-0.05, 0) is 130 Å². The van der Waals surface area contributed by atoms with Crippen LogP contribution in [0.25, 0.3) is 0 Å². The fourth-order valence-electron chi connectivity index (χ4n) is 8.81. The number of rotatable bonds is 4. The summed E-state index contributed by atoms with van der Waals surface area (Å²) < 4.78 is 7.01. The van der Waals surface area contributed by atoms with Crippen LogP contribution in [0.5, 0.6) is 0 Å². The number of aliphatic hydroxyl groups is 1. The number of aliphatic hydroxyl groups excluding tert-OH is 1. The summed E-state index contributed by atoms with van der Waals surface area (Å²) in [7, 11) is -1.73. The Morgan fingerprint density at radius 2 is 1.67 bits per heavy atom.